The van der Waals surface area contributed by atoms with Gasteiger partial charge in [0.1, 0.15) is 19.0 Å². The van der Waals surface area contributed by atoms with Crippen molar-refractivity contribution >= 4 is 103 Å². The topological polar surface area (TPSA) is 77.1 Å². The number of hydrazine groups is 1. The minimum atomic E-state index is -1.85. The number of ether oxygens (including phenoxy) is 3. The molecule has 0 saturated heterocycles. The van der Waals surface area contributed by atoms with E-state index in [1.165, 1.54) is 25.3 Å². The molecule has 0 aromatic heterocycles. The number of methoxy groups -OCH3 is 1. The molecule has 0 aliphatic heterocycles. The number of hydrogen-bond acceptors (Lipinski definition) is 5. The number of rotatable bonds is 4. The van der Waals surface area contributed by atoms with Crippen molar-refractivity contribution in [3.63, 3.8) is 0 Å². The van der Waals surface area contributed by atoms with Crippen LogP contribution >= 0.6 is 85.5 Å². The lowest BCUT2D eigenvalue weighted by molar-refractivity contribution is 0.135. The van der Waals surface area contributed by atoms with E-state index in [2.05, 4.69) is 21.4 Å². The van der Waals surface area contributed by atoms with Crippen molar-refractivity contribution in [2.24, 2.45) is 0 Å². The van der Waals surface area contributed by atoms with Crippen LogP contribution in [0.5, 0.6) is 5.75 Å². The first kappa shape index (κ1) is 24.8. The third-order valence-corrected chi connectivity index (χ3v) is 3.78. The fourth-order valence-corrected chi connectivity index (χ4v) is 2.34. The molecule has 0 aliphatic carbocycles. The van der Waals surface area contributed by atoms with Crippen molar-refractivity contribution < 1.29 is 23.8 Å². The Morgan fingerprint density at radius 2 is 1.63 bits per heavy atom. The summed E-state index contributed by atoms with van der Waals surface area (Å²) in [6.45, 7) is -1.14. The second kappa shape index (κ2) is 10.5. The van der Waals surface area contributed by atoms with E-state index in [1.807, 2.05) is 0 Å². The van der Waals surface area contributed by atoms with Crippen LogP contribution in [0.2, 0.25) is 0 Å². The van der Waals surface area contributed by atoms with Gasteiger partial charge in [-0.1, -0.05) is 69.6 Å². The molecule has 2 amide bonds. The van der Waals surface area contributed by atoms with E-state index in [0.717, 1.165) is 0 Å². The Bertz CT molecular complexity index is 682. The zero-order valence-electron chi connectivity index (χ0n) is 13.3. The van der Waals surface area contributed by atoms with Crippen LogP contribution in [0.3, 0.4) is 0 Å². The first-order chi connectivity index (χ1) is 12.3. The average Bonchev–Trinajstić information content (AvgIpc) is 2.54. The van der Waals surface area contributed by atoms with Gasteiger partial charge in [-0.2, -0.15) is 5.01 Å². The van der Waals surface area contributed by atoms with E-state index in [0.29, 0.717) is 15.2 Å². The number of amides is 2. The number of carbonyl (C=O) groups excluding carboxylic acids is 2. The van der Waals surface area contributed by atoms with Crippen LogP contribution in [0.1, 0.15) is 0 Å². The molecular formula is C13H11BrCl6N2O5. The summed E-state index contributed by atoms with van der Waals surface area (Å²) in [5, 5.41) is 0.710. The second-order valence-corrected chi connectivity index (χ2v) is 10.5. The molecule has 0 atom stereocenters. The van der Waals surface area contributed by atoms with Gasteiger partial charge in [-0.25, -0.2) is 15.0 Å². The molecule has 0 bridgehead atoms. The molecule has 1 aromatic rings. The molecule has 0 saturated carbocycles. The average molecular weight is 568 g/mol. The maximum absolute atomic E-state index is 12.3. The summed E-state index contributed by atoms with van der Waals surface area (Å²) in [6, 6.07) is 4.45. The molecule has 152 valence electrons. The Balaban J connectivity index is 3.00. The van der Waals surface area contributed by atoms with Crippen LogP contribution in [-0.4, -0.2) is 40.1 Å². The minimum Gasteiger partial charge on any atom is -0.496 e. The van der Waals surface area contributed by atoms with Crippen LogP contribution in [-0.2, 0) is 9.47 Å². The fourth-order valence-electron chi connectivity index (χ4n) is 1.49. The highest BCUT2D eigenvalue weighted by Crippen LogP contribution is 2.30. The summed E-state index contributed by atoms with van der Waals surface area (Å²) in [4.78, 5) is 24.2. The van der Waals surface area contributed by atoms with Crippen molar-refractivity contribution in [1.82, 2.24) is 5.43 Å². The smallest absolute Gasteiger partial charge is 0.433 e. The molecule has 1 aromatic carbocycles. The number of nitrogens with zero attached hydrogens (tertiary/aromatic N) is 1. The molecule has 7 nitrogen and oxygen atoms in total. The van der Waals surface area contributed by atoms with Gasteiger partial charge in [0, 0.05) is 0 Å². The molecule has 27 heavy (non-hydrogen) atoms. The molecule has 0 unspecified atom stereocenters. The predicted molar refractivity (Wildman–Crippen MR) is 110 cm³/mol. The number of nitrogens with one attached hydrogen (secondary N) is 1. The summed E-state index contributed by atoms with van der Waals surface area (Å²) < 4.78 is 11.5. The Morgan fingerprint density at radius 3 is 2.11 bits per heavy atom. The Morgan fingerprint density at radius 1 is 1.07 bits per heavy atom. The van der Waals surface area contributed by atoms with E-state index in [-0.39, 0.29) is 5.69 Å². The van der Waals surface area contributed by atoms with Crippen LogP contribution in [0.15, 0.2) is 22.7 Å². The van der Waals surface area contributed by atoms with Crippen LogP contribution < -0.4 is 15.2 Å². The maximum atomic E-state index is 12.3. The quantitative estimate of drug-likeness (QED) is 0.369. The summed E-state index contributed by atoms with van der Waals surface area (Å²) in [5.74, 6) is 0.479. The minimum absolute atomic E-state index is 0.169. The standard InChI is InChI=1S/C13H11BrCl6N2O5/c1-25-9-3-2-7(4-8(9)14)22(11(24)27-6-13(18,19)20)21-10(23)26-5-12(15,16)17/h2-4H,5-6H2,1H3,(H,21,23). The van der Waals surface area contributed by atoms with Crippen LogP contribution in [0, 0.1) is 0 Å². The van der Waals surface area contributed by atoms with Crippen molar-refractivity contribution in [1.29, 1.82) is 0 Å². The third-order valence-electron chi connectivity index (χ3n) is 2.51. The van der Waals surface area contributed by atoms with Crippen molar-refractivity contribution in [2.45, 2.75) is 7.59 Å². The molecule has 0 aliphatic rings. The largest absolute Gasteiger partial charge is 0.496 e. The lowest BCUT2D eigenvalue weighted by atomic mass is 10.3. The monoisotopic (exact) mass is 564 g/mol. The highest BCUT2D eigenvalue weighted by Gasteiger charge is 2.28. The fraction of sp³-hybridized carbons (Fsp3) is 0.385. The van der Waals surface area contributed by atoms with Gasteiger partial charge in [0.2, 0.25) is 7.59 Å². The van der Waals surface area contributed by atoms with Gasteiger partial charge in [0.15, 0.2) is 0 Å². The molecular weight excluding hydrogens is 557 g/mol. The predicted octanol–water partition coefficient (Wildman–Crippen LogP) is 5.78. The number of benzene rings is 1. The molecule has 0 fully saturated rings. The molecule has 1 N–H and O–H groups in total. The molecule has 1 rings (SSSR count). The lowest BCUT2D eigenvalue weighted by Crippen LogP contribution is -2.48. The first-order valence-electron chi connectivity index (χ1n) is 6.70. The summed E-state index contributed by atoms with van der Waals surface area (Å²) in [6.07, 6.45) is -2.16. The highest BCUT2D eigenvalue weighted by molar-refractivity contribution is 9.10. The number of anilines is 1. The summed E-state index contributed by atoms with van der Waals surface area (Å²) in [7, 11) is 1.46. The van der Waals surface area contributed by atoms with E-state index in [1.54, 1.807) is 0 Å². The zero-order valence-corrected chi connectivity index (χ0v) is 19.4. The van der Waals surface area contributed by atoms with Gasteiger partial charge in [-0.3, -0.25) is 0 Å². The number of alkyl halides is 6. The van der Waals surface area contributed by atoms with Crippen molar-refractivity contribution in [3.05, 3.63) is 22.7 Å². The van der Waals surface area contributed by atoms with Crippen molar-refractivity contribution in [2.75, 3.05) is 25.3 Å². The zero-order chi connectivity index (χ0) is 20.8. The Kier molecular flexibility index (Phi) is 9.68. The van der Waals surface area contributed by atoms with Crippen LogP contribution in [0.25, 0.3) is 0 Å². The second-order valence-electron chi connectivity index (χ2n) is 4.63. The van der Waals surface area contributed by atoms with Crippen LogP contribution in [0.4, 0.5) is 15.3 Å². The maximum Gasteiger partial charge on any atom is 0.433 e. The van der Waals surface area contributed by atoms with Gasteiger partial charge in [-0.15, -0.1) is 0 Å². The van der Waals surface area contributed by atoms with Gasteiger partial charge in [-0.05, 0) is 34.1 Å². The first-order valence-corrected chi connectivity index (χ1v) is 9.76. The Labute approximate surface area is 193 Å². The number of hydrogen-bond donors (Lipinski definition) is 1. The van der Waals surface area contributed by atoms with E-state index in [4.69, 9.17) is 83.8 Å². The molecule has 0 spiro atoms. The van der Waals surface area contributed by atoms with Gasteiger partial charge < -0.3 is 14.2 Å². The molecule has 14 heteroatoms. The summed E-state index contributed by atoms with van der Waals surface area (Å²) >= 11 is 36.4. The third kappa shape index (κ3) is 9.69. The number of carbonyl (C=O) groups is 2. The van der Waals surface area contributed by atoms with Crippen molar-refractivity contribution in [3.8, 4) is 5.75 Å². The molecule has 0 radical (unpaired) electrons. The van der Waals surface area contributed by atoms with Gasteiger partial charge in [0.05, 0.1) is 17.3 Å². The molecule has 0 heterocycles. The van der Waals surface area contributed by atoms with Gasteiger partial charge in [0.25, 0.3) is 0 Å². The van der Waals surface area contributed by atoms with Gasteiger partial charge >= 0.3 is 12.2 Å². The lowest BCUT2D eigenvalue weighted by Gasteiger charge is -2.24. The van der Waals surface area contributed by atoms with E-state index in [9.17, 15) is 9.59 Å². The Hall–Kier alpha value is -0.220. The SMILES string of the molecule is COc1ccc(N(NC(=O)OCC(Cl)(Cl)Cl)C(=O)OCC(Cl)(Cl)Cl)cc1Br. The highest BCUT2D eigenvalue weighted by atomic mass is 79.9. The normalized spacial score (nSPS) is 11.6. The van der Waals surface area contributed by atoms with E-state index < -0.39 is 33.0 Å². The summed E-state index contributed by atoms with van der Waals surface area (Å²) in [5.41, 5.74) is 2.31. The van der Waals surface area contributed by atoms with E-state index >= 15 is 0 Å². The number of halogens is 7.